The van der Waals surface area contributed by atoms with E-state index in [2.05, 4.69) is 31.4 Å². The predicted octanol–water partition coefficient (Wildman–Crippen LogP) is 1.99. The van der Waals surface area contributed by atoms with Crippen molar-refractivity contribution in [2.45, 2.75) is 103 Å². The van der Waals surface area contributed by atoms with Gasteiger partial charge in [0, 0.05) is 25.7 Å². The Labute approximate surface area is 198 Å². The lowest BCUT2D eigenvalue weighted by molar-refractivity contribution is -0.143. The average Bonchev–Trinajstić information content (AvgIpc) is 3.32. The van der Waals surface area contributed by atoms with Gasteiger partial charge < -0.3 is 25.4 Å². The van der Waals surface area contributed by atoms with E-state index in [0.717, 1.165) is 32.1 Å². The molecule has 8 nitrogen and oxygen atoms in total. The molecule has 5 atom stereocenters. The van der Waals surface area contributed by atoms with Crippen LogP contribution in [0.5, 0.6) is 0 Å². The topological polar surface area (TPSA) is 108 Å². The van der Waals surface area contributed by atoms with Gasteiger partial charge in [0.25, 0.3) is 0 Å². The number of likely N-dealkylation sites (tertiary alicyclic amines) is 1. The Morgan fingerprint density at radius 1 is 1.12 bits per heavy atom. The SMILES string of the molecule is CNC(=O)[C@@H]1[C@@H]2CCC3(O2)C(C(=O)NC(C)(C)CC(C)(C)C)N(CCCCCCO)C(=O)[C@H]13. The third kappa shape index (κ3) is 5.06. The van der Waals surface area contributed by atoms with Crippen LogP contribution < -0.4 is 10.6 Å². The lowest BCUT2D eigenvalue weighted by Crippen LogP contribution is -2.59. The van der Waals surface area contributed by atoms with Gasteiger partial charge in [-0.15, -0.1) is 0 Å². The third-order valence-corrected chi connectivity index (χ3v) is 7.34. The summed E-state index contributed by atoms with van der Waals surface area (Å²) in [7, 11) is 1.58. The fourth-order valence-electron chi connectivity index (χ4n) is 6.68. The minimum absolute atomic E-state index is 0.0299. The van der Waals surface area contributed by atoms with Crippen molar-refractivity contribution in [1.82, 2.24) is 15.5 Å². The van der Waals surface area contributed by atoms with Gasteiger partial charge in [0.1, 0.15) is 11.6 Å². The Morgan fingerprint density at radius 2 is 1.79 bits per heavy atom. The first kappa shape index (κ1) is 25.9. The number of nitrogens with zero attached hydrogens (tertiary/aromatic N) is 1. The second-order valence-electron chi connectivity index (χ2n) is 12.0. The summed E-state index contributed by atoms with van der Waals surface area (Å²) in [4.78, 5) is 41.9. The molecule has 0 aromatic rings. The Hall–Kier alpha value is -1.67. The normalized spacial score (nSPS) is 31.1. The Bertz CT molecular complexity index is 762. The molecule has 3 rings (SSSR count). The highest BCUT2D eigenvalue weighted by molar-refractivity contribution is 5.99. The van der Waals surface area contributed by atoms with Crippen molar-refractivity contribution in [3.05, 3.63) is 0 Å². The number of hydrogen-bond donors (Lipinski definition) is 3. The first-order chi connectivity index (χ1) is 15.4. The zero-order valence-corrected chi connectivity index (χ0v) is 21.2. The van der Waals surface area contributed by atoms with Gasteiger partial charge in [-0.2, -0.15) is 0 Å². The number of aliphatic hydroxyl groups is 1. The van der Waals surface area contributed by atoms with Crippen molar-refractivity contribution < 1.29 is 24.2 Å². The number of unbranched alkanes of at least 4 members (excludes halogenated alkanes) is 3. The minimum atomic E-state index is -0.939. The van der Waals surface area contributed by atoms with E-state index < -0.39 is 29.0 Å². The van der Waals surface area contributed by atoms with Crippen LogP contribution in [0.4, 0.5) is 0 Å². The van der Waals surface area contributed by atoms with Crippen molar-refractivity contribution in [2.75, 3.05) is 20.2 Å². The van der Waals surface area contributed by atoms with Crippen LogP contribution in [0, 0.1) is 17.3 Å². The zero-order valence-electron chi connectivity index (χ0n) is 21.2. The van der Waals surface area contributed by atoms with Gasteiger partial charge in [0.2, 0.25) is 17.7 Å². The molecule has 188 valence electrons. The third-order valence-electron chi connectivity index (χ3n) is 7.34. The summed E-state index contributed by atoms with van der Waals surface area (Å²) >= 11 is 0. The molecule has 3 aliphatic heterocycles. The van der Waals surface area contributed by atoms with E-state index in [9.17, 15) is 14.4 Å². The molecule has 3 heterocycles. The molecular weight excluding hydrogens is 422 g/mol. The van der Waals surface area contributed by atoms with Crippen molar-refractivity contribution >= 4 is 17.7 Å². The Morgan fingerprint density at radius 3 is 2.39 bits per heavy atom. The summed E-state index contributed by atoms with van der Waals surface area (Å²) in [5.41, 5.74) is -1.36. The molecule has 1 spiro atoms. The highest BCUT2D eigenvalue weighted by atomic mass is 16.5. The second kappa shape index (κ2) is 9.53. The van der Waals surface area contributed by atoms with E-state index in [-0.39, 0.29) is 35.8 Å². The average molecular weight is 466 g/mol. The van der Waals surface area contributed by atoms with Gasteiger partial charge in [-0.25, -0.2) is 0 Å². The van der Waals surface area contributed by atoms with E-state index in [1.165, 1.54) is 0 Å². The summed E-state index contributed by atoms with van der Waals surface area (Å²) < 4.78 is 6.40. The van der Waals surface area contributed by atoms with Gasteiger partial charge >= 0.3 is 0 Å². The largest absolute Gasteiger partial charge is 0.396 e. The number of amides is 3. The Kier molecular flexibility index (Phi) is 7.49. The van der Waals surface area contributed by atoms with Crippen LogP contribution in [-0.2, 0) is 19.1 Å². The summed E-state index contributed by atoms with van der Waals surface area (Å²) in [5, 5.41) is 14.9. The molecule has 3 amide bonds. The van der Waals surface area contributed by atoms with Crippen molar-refractivity contribution in [3.63, 3.8) is 0 Å². The second-order valence-corrected chi connectivity index (χ2v) is 12.0. The summed E-state index contributed by atoms with van der Waals surface area (Å²) in [6.45, 7) is 11.1. The molecule has 8 heteroatoms. The van der Waals surface area contributed by atoms with Gasteiger partial charge in [0.15, 0.2) is 0 Å². The summed E-state index contributed by atoms with van der Waals surface area (Å²) in [6.07, 6.45) is 4.99. The van der Waals surface area contributed by atoms with E-state index in [4.69, 9.17) is 9.84 Å². The van der Waals surface area contributed by atoms with Crippen LogP contribution in [0.2, 0.25) is 0 Å². The molecule has 0 aromatic carbocycles. The standard InChI is InChI=1S/C25H43N3O5/c1-23(2,3)15-24(4,5)27-21(31)19-25-12-11-16(33-25)17(20(30)26-6)18(25)22(32)28(19)13-9-7-8-10-14-29/h16-19,29H,7-15H2,1-6H3,(H,26,30)(H,27,31)/t16-,17+,18-,19?,25?/m0/s1. The fourth-order valence-corrected chi connectivity index (χ4v) is 6.68. The van der Waals surface area contributed by atoms with E-state index in [0.29, 0.717) is 19.4 Å². The minimum Gasteiger partial charge on any atom is -0.396 e. The molecule has 2 bridgehead atoms. The lowest BCUT2D eigenvalue weighted by Gasteiger charge is -2.38. The molecule has 3 aliphatic rings. The van der Waals surface area contributed by atoms with Gasteiger partial charge in [0.05, 0.1) is 17.9 Å². The van der Waals surface area contributed by atoms with E-state index in [1.807, 2.05) is 13.8 Å². The molecule has 0 aromatic heterocycles. The maximum Gasteiger partial charge on any atom is 0.246 e. The van der Waals surface area contributed by atoms with Crippen LogP contribution in [0.1, 0.15) is 79.6 Å². The van der Waals surface area contributed by atoms with Crippen molar-refractivity contribution in [1.29, 1.82) is 0 Å². The number of carbonyl (C=O) groups excluding carboxylic acids is 3. The van der Waals surface area contributed by atoms with Crippen LogP contribution >= 0.6 is 0 Å². The summed E-state index contributed by atoms with van der Waals surface area (Å²) in [6, 6.07) is -0.730. The fraction of sp³-hybridized carbons (Fsp3) is 0.880. The molecule has 2 unspecified atom stereocenters. The van der Waals surface area contributed by atoms with Gasteiger partial charge in [-0.3, -0.25) is 14.4 Å². The number of nitrogens with one attached hydrogen (secondary N) is 2. The zero-order chi connectivity index (χ0) is 24.6. The number of ether oxygens (including phenoxy) is 1. The molecular formula is C25H43N3O5. The molecule has 0 saturated carbocycles. The highest BCUT2D eigenvalue weighted by Crippen LogP contribution is 2.58. The van der Waals surface area contributed by atoms with Gasteiger partial charge in [-0.05, 0) is 51.4 Å². The van der Waals surface area contributed by atoms with E-state index >= 15 is 0 Å². The van der Waals surface area contributed by atoms with Crippen molar-refractivity contribution in [3.8, 4) is 0 Å². The van der Waals surface area contributed by atoms with Gasteiger partial charge in [-0.1, -0.05) is 33.6 Å². The van der Waals surface area contributed by atoms with Crippen LogP contribution in [0.15, 0.2) is 0 Å². The number of fused-ring (bicyclic) bond motifs is 1. The monoisotopic (exact) mass is 465 g/mol. The molecule has 0 radical (unpaired) electrons. The highest BCUT2D eigenvalue weighted by Gasteiger charge is 2.74. The number of carbonyl (C=O) groups is 3. The predicted molar refractivity (Wildman–Crippen MR) is 125 cm³/mol. The van der Waals surface area contributed by atoms with E-state index in [1.54, 1.807) is 11.9 Å². The number of aliphatic hydroxyl groups excluding tert-OH is 1. The number of hydrogen-bond acceptors (Lipinski definition) is 5. The molecule has 0 aliphatic carbocycles. The Balaban J connectivity index is 1.87. The maximum atomic E-state index is 13.8. The number of rotatable bonds is 10. The van der Waals surface area contributed by atoms with Crippen LogP contribution in [-0.4, -0.2) is 71.2 Å². The first-order valence-electron chi connectivity index (χ1n) is 12.5. The first-order valence-corrected chi connectivity index (χ1v) is 12.5. The quantitative estimate of drug-likeness (QED) is 0.428. The van der Waals surface area contributed by atoms with Crippen molar-refractivity contribution in [2.24, 2.45) is 17.3 Å². The molecule has 3 N–H and O–H groups in total. The molecule has 3 fully saturated rings. The smallest absolute Gasteiger partial charge is 0.246 e. The van der Waals surface area contributed by atoms with Crippen LogP contribution in [0.25, 0.3) is 0 Å². The summed E-state index contributed by atoms with van der Waals surface area (Å²) in [5.74, 6) is -1.67. The molecule has 3 saturated heterocycles. The van der Waals surface area contributed by atoms with Crippen LogP contribution in [0.3, 0.4) is 0 Å². The molecule has 33 heavy (non-hydrogen) atoms. The lowest BCUT2D eigenvalue weighted by atomic mass is 9.70. The maximum absolute atomic E-state index is 13.8.